The highest BCUT2D eigenvalue weighted by molar-refractivity contribution is 5.46. The van der Waals surface area contributed by atoms with Crippen LogP contribution in [0.25, 0.3) is 0 Å². The van der Waals surface area contributed by atoms with E-state index >= 15 is 0 Å². The Bertz CT molecular complexity index is 320. The highest BCUT2D eigenvalue weighted by Crippen LogP contribution is 2.31. The van der Waals surface area contributed by atoms with Crippen LogP contribution in [0.3, 0.4) is 0 Å². The zero-order chi connectivity index (χ0) is 16.7. The molecule has 0 fully saturated rings. The fourth-order valence-electron chi connectivity index (χ4n) is 1.11. The largest absolute Gasteiger partial charge is 0.493 e. The molecule has 0 aliphatic carbocycles. The van der Waals surface area contributed by atoms with Crippen LogP contribution in [-0.4, -0.2) is 14.2 Å². The molecule has 0 heterocycles. The summed E-state index contributed by atoms with van der Waals surface area (Å²) in [6.07, 6.45) is 0. The van der Waals surface area contributed by atoms with Crippen molar-refractivity contribution in [1.82, 2.24) is 0 Å². The van der Waals surface area contributed by atoms with Crippen molar-refractivity contribution in [1.29, 1.82) is 0 Å². The Hall–Kier alpha value is -1.25. The van der Waals surface area contributed by atoms with Crippen LogP contribution in [-0.2, 0) is 0 Å². The van der Waals surface area contributed by atoms with E-state index in [0.717, 1.165) is 11.5 Å². The highest BCUT2D eigenvalue weighted by Gasteiger charge is 2.08. The summed E-state index contributed by atoms with van der Waals surface area (Å²) < 4.78 is 22.8. The number of methoxy groups -OCH3 is 2. The number of benzene rings is 1. The molecule has 0 saturated carbocycles. The summed E-state index contributed by atoms with van der Waals surface area (Å²) in [5, 5.41) is 0. The fraction of sp³-hybridized carbons (Fsp3) is 0.647. The van der Waals surface area contributed by atoms with Gasteiger partial charge in [-0.15, -0.1) is 0 Å². The van der Waals surface area contributed by atoms with Gasteiger partial charge < -0.3 is 9.47 Å². The van der Waals surface area contributed by atoms with Crippen molar-refractivity contribution in [3.8, 4) is 11.5 Å². The Morgan fingerprint density at radius 1 is 0.900 bits per heavy atom. The molecule has 0 N–H and O–H groups in total. The Morgan fingerprint density at radius 3 is 1.60 bits per heavy atom. The molecule has 20 heavy (non-hydrogen) atoms. The van der Waals surface area contributed by atoms with Gasteiger partial charge in [-0.2, -0.15) is 0 Å². The van der Waals surface area contributed by atoms with E-state index in [9.17, 15) is 4.39 Å². The van der Waals surface area contributed by atoms with E-state index in [1.54, 1.807) is 6.92 Å². The number of rotatable bonds is 2. The molecule has 0 aromatic heterocycles. The summed E-state index contributed by atoms with van der Waals surface area (Å²) in [6, 6.07) is 2.70. The molecule has 1 aromatic carbocycles. The molecule has 0 atom stereocenters. The monoisotopic (exact) mass is 288 g/mol. The fourth-order valence-corrected chi connectivity index (χ4v) is 1.11. The molecule has 120 valence electrons. The molecule has 0 radical (unpaired) electrons. The van der Waals surface area contributed by atoms with Crippen molar-refractivity contribution in [2.45, 2.75) is 55.4 Å². The SMILES string of the molecule is CC.CC.CC(C)C.COc1cc(F)cc(C)c1OC. The molecule has 2 nitrogen and oxygen atoms in total. The van der Waals surface area contributed by atoms with Crippen molar-refractivity contribution in [2.75, 3.05) is 14.2 Å². The first-order valence-electron chi connectivity index (χ1n) is 7.30. The zero-order valence-electron chi connectivity index (χ0n) is 14.9. The maximum Gasteiger partial charge on any atom is 0.163 e. The second-order valence-corrected chi connectivity index (χ2v) is 4.19. The van der Waals surface area contributed by atoms with Crippen LogP contribution in [0.4, 0.5) is 4.39 Å². The predicted octanol–water partition coefficient (Wildman–Crippen LogP) is 5.87. The summed E-state index contributed by atoms with van der Waals surface area (Å²) >= 11 is 0. The van der Waals surface area contributed by atoms with Gasteiger partial charge in [0.05, 0.1) is 14.2 Å². The molecule has 1 rings (SSSR count). The number of ether oxygens (including phenoxy) is 2. The van der Waals surface area contributed by atoms with Gasteiger partial charge in [-0.3, -0.25) is 0 Å². The number of aryl methyl sites for hydroxylation is 1. The Kier molecular flexibility index (Phi) is 18.8. The van der Waals surface area contributed by atoms with Crippen LogP contribution < -0.4 is 9.47 Å². The maximum absolute atomic E-state index is 12.8. The summed E-state index contributed by atoms with van der Waals surface area (Å²) in [5.74, 6) is 1.53. The molecule has 0 unspecified atom stereocenters. The van der Waals surface area contributed by atoms with E-state index in [-0.39, 0.29) is 5.82 Å². The molecular weight excluding hydrogens is 255 g/mol. The number of hydrogen-bond acceptors (Lipinski definition) is 2. The molecule has 0 saturated heterocycles. The summed E-state index contributed by atoms with van der Waals surface area (Å²) in [6.45, 7) is 16.3. The van der Waals surface area contributed by atoms with Crippen molar-refractivity contribution < 1.29 is 13.9 Å². The van der Waals surface area contributed by atoms with E-state index in [1.165, 1.54) is 26.4 Å². The molecule has 0 amide bonds. The second kappa shape index (κ2) is 15.8. The van der Waals surface area contributed by atoms with Crippen LogP contribution in [0, 0.1) is 18.7 Å². The standard InChI is InChI=1S/C9H11FO2.C4H10.2C2H6/c1-6-4-7(10)5-8(11-2)9(6)12-3;1-4(2)3;2*1-2/h4-5H,1-3H3;4H,1-3H3;2*1-2H3. The van der Waals surface area contributed by atoms with Gasteiger partial charge >= 0.3 is 0 Å². The van der Waals surface area contributed by atoms with E-state index in [0.29, 0.717) is 11.5 Å². The molecule has 0 spiro atoms. The molecule has 0 aliphatic rings. The minimum atomic E-state index is -0.315. The van der Waals surface area contributed by atoms with Crippen LogP contribution in [0.1, 0.15) is 54.0 Å². The third-order valence-corrected chi connectivity index (χ3v) is 1.63. The third kappa shape index (κ3) is 11.8. The Morgan fingerprint density at radius 2 is 1.30 bits per heavy atom. The van der Waals surface area contributed by atoms with E-state index < -0.39 is 0 Å². The molecule has 3 heteroatoms. The minimum absolute atomic E-state index is 0.315. The lowest BCUT2D eigenvalue weighted by Crippen LogP contribution is -1.94. The second-order valence-electron chi connectivity index (χ2n) is 4.19. The lowest BCUT2D eigenvalue weighted by atomic mass is 10.2. The average molecular weight is 288 g/mol. The Balaban J connectivity index is -0.000000306. The lowest BCUT2D eigenvalue weighted by molar-refractivity contribution is 0.350. The first kappa shape index (κ1) is 23.8. The number of hydrogen-bond donors (Lipinski definition) is 0. The first-order chi connectivity index (χ1) is 9.42. The number of halogens is 1. The third-order valence-electron chi connectivity index (χ3n) is 1.63. The lowest BCUT2D eigenvalue weighted by Gasteiger charge is -2.09. The van der Waals surface area contributed by atoms with E-state index in [1.807, 2.05) is 27.7 Å². The smallest absolute Gasteiger partial charge is 0.163 e. The highest BCUT2D eigenvalue weighted by atomic mass is 19.1. The zero-order valence-corrected chi connectivity index (χ0v) is 14.9. The van der Waals surface area contributed by atoms with Crippen LogP contribution in [0.15, 0.2) is 12.1 Å². The first-order valence-corrected chi connectivity index (χ1v) is 7.30. The van der Waals surface area contributed by atoms with Gasteiger partial charge in [-0.1, -0.05) is 48.5 Å². The predicted molar refractivity (Wildman–Crippen MR) is 87.4 cm³/mol. The summed E-state index contributed by atoms with van der Waals surface area (Å²) in [4.78, 5) is 0. The van der Waals surface area contributed by atoms with Crippen molar-refractivity contribution in [3.63, 3.8) is 0 Å². The Labute approximate surface area is 125 Å². The van der Waals surface area contributed by atoms with Gasteiger partial charge in [0.15, 0.2) is 11.5 Å². The summed E-state index contributed by atoms with van der Waals surface area (Å²) in [5.41, 5.74) is 0.731. The van der Waals surface area contributed by atoms with E-state index in [2.05, 4.69) is 20.8 Å². The van der Waals surface area contributed by atoms with Gasteiger partial charge in [0, 0.05) is 6.07 Å². The average Bonchev–Trinajstić information content (AvgIpc) is 2.41. The van der Waals surface area contributed by atoms with E-state index in [4.69, 9.17) is 9.47 Å². The normalized spacial score (nSPS) is 8.20. The van der Waals surface area contributed by atoms with Crippen LogP contribution in [0.5, 0.6) is 11.5 Å². The van der Waals surface area contributed by atoms with Crippen molar-refractivity contribution in [2.24, 2.45) is 5.92 Å². The van der Waals surface area contributed by atoms with Crippen molar-refractivity contribution in [3.05, 3.63) is 23.5 Å². The van der Waals surface area contributed by atoms with Gasteiger partial charge in [0.2, 0.25) is 0 Å². The van der Waals surface area contributed by atoms with Crippen LogP contribution >= 0.6 is 0 Å². The maximum atomic E-state index is 12.8. The van der Waals surface area contributed by atoms with Gasteiger partial charge in [0.25, 0.3) is 0 Å². The molecule has 1 aromatic rings. The molecule has 0 bridgehead atoms. The van der Waals surface area contributed by atoms with Gasteiger partial charge in [0.1, 0.15) is 5.82 Å². The minimum Gasteiger partial charge on any atom is -0.493 e. The van der Waals surface area contributed by atoms with Crippen LogP contribution in [0.2, 0.25) is 0 Å². The topological polar surface area (TPSA) is 18.5 Å². The molecule has 0 aliphatic heterocycles. The van der Waals surface area contributed by atoms with Crippen molar-refractivity contribution >= 4 is 0 Å². The quantitative estimate of drug-likeness (QED) is 0.678. The molecular formula is C17H33FO2. The van der Waals surface area contributed by atoms with Gasteiger partial charge in [-0.05, 0) is 24.5 Å². The van der Waals surface area contributed by atoms with Gasteiger partial charge in [-0.25, -0.2) is 4.39 Å². The summed E-state index contributed by atoms with van der Waals surface area (Å²) in [7, 11) is 3.01.